The first-order valence-electron chi connectivity index (χ1n) is 7.39. The van der Waals surface area contributed by atoms with Gasteiger partial charge in [0.25, 0.3) is 0 Å². The fraction of sp³-hybridized carbons (Fsp3) is 0.625. The summed E-state index contributed by atoms with van der Waals surface area (Å²) in [5, 5.41) is 3.74. The van der Waals surface area contributed by atoms with E-state index in [1.54, 1.807) is 6.07 Å². The Labute approximate surface area is 120 Å². The van der Waals surface area contributed by atoms with E-state index in [0.717, 1.165) is 24.4 Å². The topological polar surface area (TPSA) is 12.0 Å². The molecular weight excluding hydrogens is 261 g/mol. The number of nitrogens with one attached hydrogen (secondary N) is 1. The number of rotatable bonds is 5. The van der Waals surface area contributed by atoms with Crippen LogP contribution in [0.3, 0.4) is 0 Å². The zero-order valence-electron chi connectivity index (χ0n) is 11.6. The fourth-order valence-corrected chi connectivity index (χ4v) is 3.26. The molecule has 106 valence electrons. The van der Waals surface area contributed by atoms with Crippen molar-refractivity contribution < 1.29 is 4.39 Å². The van der Waals surface area contributed by atoms with Gasteiger partial charge in [-0.2, -0.15) is 0 Å². The number of hydrogen-bond donors (Lipinski definition) is 1. The number of halogens is 2. The summed E-state index contributed by atoms with van der Waals surface area (Å²) >= 11 is 5.90. The summed E-state index contributed by atoms with van der Waals surface area (Å²) in [5.41, 5.74) is 1.11. The van der Waals surface area contributed by atoms with Gasteiger partial charge < -0.3 is 5.32 Å². The van der Waals surface area contributed by atoms with Crippen molar-refractivity contribution >= 4 is 11.6 Å². The van der Waals surface area contributed by atoms with Gasteiger partial charge in [-0.05, 0) is 36.6 Å². The Kier molecular flexibility index (Phi) is 5.65. The van der Waals surface area contributed by atoms with Crippen molar-refractivity contribution in [3.8, 4) is 0 Å². The van der Waals surface area contributed by atoms with Gasteiger partial charge in [-0.25, -0.2) is 4.39 Å². The van der Waals surface area contributed by atoms with Crippen LogP contribution < -0.4 is 5.32 Å². The van der Waals surface area contributed by atoms with Crippen LogP contribution in [0.4, 0.5) is 4.39 Å². The van der Waals surface area contributed by atoms with E-state index in [9.17, 15) is 4.39 Å². The number of benzene rings is 1. The van der Waals surface area contributed by atoms with Crippen molar-refractivity contribution in [3.63, 3.8) is 0 Å². The summed E-state index contributed by atoms with van der Waals surface area (Å²) in [4.78, 5) is 0. The van der Waals surface area contributed by atoms with E-state index in [4.69, 9.17) is 11.6 Å². The molecule has 3 heteroatoms. The average molecular weight is 284 g/mol. The predicted octanol–water partition coefficient (Wildman–Crippen LogP) is 5.10. The zero-order valence-corrected chi connectivity index (χ0v) is 12.3. The van der Waals surface area contributed by atoms with Gasteiger partial charge >= 0.3 is 0 Å². The molecule has 0 heterocycles. The highest BCUT2D eigenvalue weighted by atomic mass is 35.5. The molecule has 2 rings (SSSR count). The molecule has 0 amide bonds. The Morgan fingerprint density at radius 1 is 1.32 bits per heavy atom. The molecule has 1 aromatic carbocycles. The Balaban J connectivity index is 2.07. The van der Waals surface area contributed by atoms with E-state index in [1.807, 2.05) is 6.07 Å². The second-order valence-corrected chi connectivity index (χ2v) is 5.93. The molecule has 0 aromatic heterocycles. The van der Waals surface area contributed by atoms with Gasteiger partial charge in [0, 0.05) is 6.04 Å². The van der Waals surface area contributed by atoms with Crippen LogP contribution in [-0.2, 0) is 0 Å². The van der Waals surface area contributed by atoms with Crippen LogP contribution in [0.25, 0.3) is 0 Å². The first-order chi connectivity index (χ1) is 9.20. The lowest BCUT2D eigenvalue weighted by molar-refractivity contribution is 0.301. The Morgan fingerprint density at radius 2 is 2.05 bits per heavy atom. The van der Waals surface area contributed by atoms with E-state index < -0.39 is 0 Å². The van der Waals surface area contributed by atoms with Crippen LogP contribution in [0.5, 0.6) is 0 Å². The highest BCUT2D eigenvalue weighted by molar-refractivity contribution is 6.30. The van der Waals surface area contributed by atoms with Crippen LogP contribution in [0.2, 0.25) is 5.02 Å². The summed E-state index contributed by atoms with van der Waals surface area (Å²) in [5.74, 6) is 0.458. The average Bonchev–Trinajstić information content (AvgIpc) is 2.43. The molecule has 0 aliphatic heterocycles. The maximum absolute atomic E-state index is 13.3. The van der Waals surface area contributed by atoms with Gasteiger partial charge in [-0.3, -0.25) is 0 Å². The summed E-state index contributed by atoms with van der Waals surface area (Å²) in [6.07, 6.45) is 7.88. The van der Waals surface area contributed by atoms with Gasteiger partial charge in [-0.15, -0.1) is 0 Å². The molecule has 1 aliphatic carbocycles. The molecule has 1 atom stereocenters. The minimum Gasteiger partial charge on any atom is -0.310 e. The van der Waals surface area contributed by atoms with Crippen molar-refractivity contribution in [2.75, 3.05) is 6.54 Å². The first-order valence-corrected chi connectivity index (χ1v) is 7.76. The smallest absolute Gasteiger partial charge is 0.141 e. The highest BCUT2D eigenvalue weighted by Crippen LogP contribution is 2.32. The maximum Gasteiger partial charge on any atom is 0.141 e. The zero-order chi connectivity index (χ0) is 13.7. The SMILES string of the molecule is CCNC(CC1CCCCC1)c1ccc(F)c(Cl)c1. The second-order valence-electron chi connectivity index (χ2n) is 5.52. The summed E-state index contributed by atoms with van der Waals surface area (Å²) < 4.78 is 13.3. The first kappa shape index (κ1) is 14.8. The summed E-state index contributed by atoms with van der Waals surface area (Å²) in [7, 11) is 0. The van der Waals surface area contributed by atoms with Gasteiger partial charge in [0.2, 0.25) is 0 Å². The third-order valence-electron chi connectivity index (χ3n) is 4.09. The lowest BCUT2D eigenvalue weighted by Crippen LogP contribution is -2.24. The standard InChI is InChI=1S/C16H23ClFN/c1-2-19-16(10-12-6-4-3-5-7-12)13-8-9-15(18)14(17)11-13/h8-9,11-12,16,19H,2-7,10H2,1H3. The molecule has 0 spiro atoms. The van der Waals surface area contributed by atoms with Crippen LogP contribution in [-0.4, -0.2) is 6.54 Å². The quantitative estimate of drug-likeness (QED) is 0.793. The molecule has 0 bridgehead atoms. The molecule has 19 heavy (non-hydrogen) atoms. The van der Waals surface area contributed by atoms with Crippen molar-refractivity contribution in [1.29, 1.82) is 0 Å². The molecule has 1 nitrogen and oxygen atoms in total. The lowest BCUT2D eigenvalue weighted by Gasteiger charge is -2.27. The van der Waals surface area contributed by atoms with Crippen LogP contribution >= 0.6 is 11.6 Å². The monoisotopic (exact) mass is 283 g/mol. The Morgan fingerprint density at radius 3 is 2.68 bits per heavy atom. The van der Waals surface area contributed by atoms with Crippen molar-refractivity contribution in [2.45, 2.75) is 51.5 Å². The van der Waals surface area contributed by atoms with Gasteiger partial charge in [0.05, 0.1) is 5.02 Å². The summed E-state index contributed by atoms with van der Waals surface area (Å²) in [6, 6.07) is 5.40. The van der Waals surface area contributed by atoms with Crippen molar-refractivity contribution in [3.05, 3.63) is 34.6 Å². The fourth-order valence-electron chi connectivity index (χ4n) is 3.07. The molecule has 1 N–H and O–H groups in total. The molecular formula is C16H23ClFN. The molecule has 1 fully saturated rings. The minimum atomic E-state index is -0.335. The Bertz CT molecular complexity index is 402. The van der Waals surface area contributed by atoms with E-state index in [2.05, 4.69) is 12.2 Å². The van der Waals surface area contributed by atoms with Crippen LogP contribution in [0.1, 0.15) is 57.1 Å². The van der Waals surface area contributed by atoms with Crippen LogP contribution in [0.15, 0.2) is 18.2 Å². The summed E-state index contributed by atoms with van der Waals surface area (Å²) in [6.45, 7) is 3.03. The molecule has 1 aromatic rings. The van der Waals surface area contributed by atoms with Gasteiger partial charge in [0.15, 0.2) is 0 Å². The molecule has 1 unspecified atom stereocenters. The predicted molar refractivity (Wildman–Crippen MR) is 79.0 cm³/mol. The highest BCUT2D eigenvalue weighted by Gasteiger charge is 2.20. The van der Waals surface area contributed by atoms with E-state index in [0.29, 0.717) is 6.04 Å². The molecule has 1 aliphatic rings. The molecule has 0 saturated heterocycles. The van der Waals surface area contributed by atoms with Crippen molar-refractivity contribution in [2.24, 2.45) is 5.92 Å². The molecule has 1 saturated carbocycles. The minimum absolute atomic E-state index is 0.226. The lowest BCUT2D eigenvalue weighted by atomic mass is 9.83. The van der Waals surface area contributed by atoms with Gasteiger partial charge in [0.1, 0.15) is 5.82 Å². The normalized spacial score (nSPS) is 18.5. The number of hydrogen-bond acceptors (Lipinski definition) is 1. The maximum atomic E-state index is 13.3. The molecule has 0 radical (unpaired) electrons. The van der Waals surface area contributed by atoms with E-state index >= 15 is 0 Å². The van der Waals surface area contributed by atoms with Gasteiger partial charge in [-0.1, -0.05) is 56.7 Å². The Hall–Kier alpha value is -0.600. The van der Waals surface area contributed by atoms with E-state index in [1.165, 1.54) is 38.2 Å². The third-order valence-corrected chi connectivity index (χ3v) is 4.38. The van der Waals surface area contributed by atoms with E-state index in [-0.39, 0.29) is 10.8 Å². The van der Waals surface area contributed by atoms with Crippen LogP contribution in [0, 0.1) is 11.7 Å². The largest absolute Gasteiger partial charge is 0.310 e. The second kappa shape index (κ2) is 7.25. The third kappa shape index (κ3) is 4.19. The van der Waals surface area contributed by atoms with Crippen molar-refractivity contribution in [1.82, 2.24) is 5.32 Å².